The van der Waals surface area contributed by atoms with E-state index in [0.717, 1.165) is 16.9 Å². The van der Waals surface area contributed by atoms with Crippen LogP contribution in [-0.2, 0) is 6.42 Å². The molecule has 0 radical (unpaired) electrons. The van der Waals surface area contributed by atoms with Gasteiger partial charge in [-0.25, -0.2) is 0 Å². The number of fused-ring (bicyclic) bond motifs is 3. The van der Waals surface area contributed by atoms with Crippen molar-refractivity contribution in [1.82, 2.24) is 24.6 Å². The third-order valence-corrected chi connectivity index (χ3v) is 4.70. The summed E-state index contributed by atoms with van der Waals surface area (Å²) in [5.74, 6) is 1.34. The van der Waals surface area contributed by atoms with Crippen LogP contribution >= 0.6 is 0 Å². The highest BCUT2D eigenvalue weighted by atomic mass is 16.5. The molecule has 3 heterocycles. The average molecular weight is 388 g/mol. The van der Waals surface area contributed by atoms with Crippen LogP contribution in [0.25, 0.3) is 22.3 Å². The molecule has 0 saturated carbocycles. The SMILES string of the molecule is COc1cc2c(cc1/C(C(C)=N)=C(\C)O)ncc1nnc(Cc3cccnc3)n12. The molecule has 3 aromatic heterocycles. The number of benzene rings is 1. The molecule has 0 atom stereocenters. The number of rotatable bonds is 5. The van der Waals surface area contributed by atoms with E-state index in [-0.39, 0.29) is 11.5 Å². The minimum Gasteiger partial charge on any atom is -0.512 e. The maximum atomic E-state index is 10.1. The molecule has 8 heteroatoms. The van der Waals surface area contributed by atoms with Gasteiger partial charge in [0.05, 0.1) is 30.1 Å². The molecule has 0 saturated heterocycles. The maximum Gasteiger partial charge on any atom is 0.179 e. The number of nitrogens with one attached hydrogen (secondary N) is 1. The molecule has 0 spiro atoms. The van der Waals surface area contributed by atoms with Gasteiger partial charge in [0.25, 0.3) is 0 Å². The predicted molar refractivity (Wildman–Crippen MR) is 111 cm³/mol. The molecule has 0 aliphatic heterocycles. The van der Waals surface area contributed by atoms with E-state index in [9.17, 15) is 5.11 Å². The summed E-state index contributed by atoms with van der Waals surface area (Å²) in [6.45, 7) is 3.18. The van der Waals surface area contributed by atoms with E-state index in [4.69, 9.17) is 10.1 Å². The fourth-order valence-corrected chi connectivity index (χ4v) is 3.48. The van der Waals surface area contributed by atoms with Crippen LogP contribution in [0, 0.1) is 5.41 Å². The summed E-state index contributed by atoms with van der Waals surface area (Å²) in [6.07, 6.45) is 5.76. The van der Waals surface area contributed by atoms with Gasteiger partial charge in [-0.05, 0) is 31.5 Å². The summed E-state index contributed by atoms with van der Waals surface area (Å²) in [6, 6.07) is 7.53. The molecule has 0 bridgehead atoms. The lowest BCUT2D eigenvalue weighted by atomic mass is 9.99. The molecule has 8 nitrogen and oxygen atoms in total. The molecule has 4 aromatic rings. The smallest absolute Gasteiger partial charge is 0.179 e. The van der Waals surface area contributed by atoms with Gasteiger partial charge < -0.3 is 15.3 Å². The molecular weight excluding hydrogens is 368 g/mol. The largest absolute Gasteiger partial charge is 0.512 e. The lowest BCUT2D eigenvalue weighted by Crippen LogP contribution is -2.04. The number of methoxy groups -OCH3 is 1. The van der Waals surface area contributed by atoms with Crippen molar-refractivity contribution in [2.45, 2.75) is 20.3 Å². The number of aliphatic hydroxyl groups is 1. The van der Waals surface area contributed by atoms with Gasteiger partial charge in [0.2, 0.25) is 0 Å². The van der Waals surface area contributed by atoms with Crippen molar-refractivity contribution in [2.24, 2.45) is 0 Å². The second-order valence-electron chi connectivity index (χ2n) is 6.73. The molecular formula is C21H20N6O2. The molecule has 4 rings (SSSR count). The zero-order valence-corrected chi connectivity index (χ0v) is 16.3. The lowest BCUT2D eigenvalue weighted by molar-refractivity contribution is 0.409. The topological polar surface area (TPSA) is 109 Å². The second kappa shape index (κ2) is 7.31. The zero-order chi connectivity index (χ0) is 20.5. The Hall–Kier alpha value is -3.81. The Kier molecular flexibility index (Phi) is 4.67. The van der Waals surface area contributed by atoms with Crippen LogP contribution in [0.4, 0.5) is 0 Å². The molecule has 29 heavy (non-hydrogen) atoms. The van der Waals surface area contributed by atoms with Crippen molar-refractivity contribution in [3.63, 3.8) is 0 Å². The molecule has 0 aliphatic rings. The Morgan fingerprint density at radius 1 is 1.21 bits per heavy atom. The fraction of sp³-hybridized carbons (Fsp3) is 0.190. The molecule has 0 amide bonds. The average Bonchev–Trinajstić information content (AvgIpc) is 3.11. The van der Waals surface area contributed by atoms with Crippen LogP contribution in [0.3, 0.4) is 0 Å². The van der Waals surface area contributed by atoms with Crippen LogP contribution in [0.2, 0.25) is 0 Å². The van der Waals surface area contributed by atoms with Gasteiger partial charge in [-0.15, -0.1) is 10.2 Å². The van der Waals surface area contributed by atoms with Gasteiger partial charge in [-0.1, -0.05) is 6.07 Å². The molecule has 0 aliphatic carbocycles. The first-order chi connectivity index (χ1) is 14.0. The van der Waals surface area contributed by atoms with Crippen LogP contribution < -0.4 is 4.74 Å². The summed E-state index contributed by atoms with van der Waals surface area (Å²) >= 11 is 0. The monoisotopic (exact) mass is 388 g/mol. The van der Waals surface area contributed by atoms with Crippen molar-refractivity contribution >= 4 is 28.0 Å². The zero-order valence-electron chi connectivity index (χ0n) is 16.3. The first kappa shape index (κ1) is 18.5. The van der Waals surface area contributed by atoms with Gasteiger partial charge in [0.15, 0.2) is 5.65 Å². The Labute approximate surface area is 167 Å². The van der Waals surface area contributed by atoms with E-state index >= 15 is 0 Å². The number of hydrogen-bond donors (Lipinski definition) is 2. The highest BCUT2D eigenvalue weighted by Gasteiger charge is 2.18. The van der Waals surface area contributed by atoms with Gasteiger partial charge in [0.1, 0.15) is 11.6 Å². The first-order valence-electron chi connectivity index (χ1n) is 9.05. The number of hydrogen-bond acceptors (Lipinski definition) is 7. The van der Waals surface area contributed by atoms with E-state index in [1.165, 1.54) is 0 Å². The minimum absolute atomic E-state index is 0.0535. The van der Waals surface area contributed by atoms with Gasteiger partial charge in [0, 0.05) is 41.7 Å². The summed E-state index contributed by atoms with van der Waals surface area (Å²) in [5, 5.41) is 26.7. The Morgan fingerprint density at radius 3 is 2.69 bits per heavy atom. The van der Waals surface area contributed by atoms with E-state index in [0.29, 0.717) is 34.5 Å². The number of ether oxygens (including phenoxy) is 1. The fourth-order valence-electron chi connectivity index (χ4n) is 3.48. The summed E-state index contributed by atoms with van der Waals surface area (Å²) in [7, 11) is 1.56. The summed E-state index contributed by atoms with van der Waals surface area (Å²) in [4.78, 5) is 8.66. The van der Waals surface area contributed by atoms with Crippen molar-refractivity contribution < 1.29 is 9.84 Å². The van der Waals surface area contributed by atoms with Crippen molar-refractivity contribution in [3.05, 3.63) is 65.6 Å². The minimum atomic E-state index is 0.0535. The second-order valence-corrected chi connectivity index (χ2v) is 6.73. The number of nitrogens with zero attached hydrogens (tertiary/aromatic N) is 5. The van der Waals surface area contributed by atoms with Crippen molar-refractivity contribution in [2.75, 3.05) is 7.11 Å². The first-order valence-corrected chi connectivity index (χ1v) is 9.05. The van der Waals surface area contributed by atoms with Crippen LogP contribution in [0.5, 0.6) is 5.75 Å². The molecule has 2 N–H and O–H groups in total. The van der Waals surface area contributed by atoms with E-state index in [1.54, 1.807) is 39.5 Å². The highest BCUT2D eigenvalue weighted by Crippen LogP contribution is 2.33. The van der Waals surface area contributed by atoms with Gasteiger partial charge >= 0.3 is 0 Å². The molecule has 0 fully saturated rings. The third-order valence-electron chi connectivity index (χ3n) is 4.70. The number of aliphatic hydroxyl groups excluding tert-OH is 1. The van der Waals surface area contributed by atoms with E-state index < -0.39 is 0 Å². The Bertz CT molecular complexity index is 1260. The normalized spacial score (nSPS) is 12.2. The van der Waals surface area contributed by atoms with Gasteiger partial charge in [-0.3, -0.25) is 14.4 Å². The van der Waals surface area contributed by atoms with E-state index in [2.05, 4.69) is 20.2 Å². The number of allylic oxidation sites excluding steroid dienone is 2. The third kappa shape index (κ3) is 3.29. The molecule has 0 unspecified atom stereocenters. The Morgan fingerprint density at radius 2 is 2.03 bits per heavy atom. The Balaban J connectivity index is 1.96. The molecule has 146 valence electrons. The van der Waals surface area contributed by atoms with Gasteiger partial charge in [-0.2, -0.15) is 0 Å². The predicted octanol–water partition coefficient (Wildman–Crippen LogP) is 3.60. The number of aromatic nitrogens is 5. The highest BCUT2D eigenvalue weighted by molar-refractivity contribution is 6.22. The number of pyridine rings is 1. The standard InChI is InChI=1S/C21H20N6O2/c1-12(22)21(13(2)28)15-8-16-17(9-18(15)29-3)27-19(25-26-20(27)11-24-16)7-14-5-4-6-23-10-14/h4-6,8-11,22,28H,7H2,1-3H3/b21-13+,22-12?. The van der Waals surface area contributed by atoms with Crippen molar-refractivity contribution in [3.8, 4) is 5.75 Å². The quantitative estimate of drug-likeness (QED) is 0.399. The summed E-state index contributed by atoms with van der Waals surface area (Å²) in [5.41, 5.74) is 4.39. The van der Waals surface area contributed by atoms with Crippen LogP contribution in [-0.4, -0.2) is 42.5 Å². The lowest BCUT2D eigenvalue weighted by Gasteiger charge is -2.14. The maximum absolute atomic E-state index is 10.1. The van der Waals surface area contributed by atoms with E-state index in [1.807, 2.05) is 28.7 Å². The van der Waals surface area contributed by atoms with Crippen LogP contribution in [0.15, 0.2) is 48.6 Å². The summed E-state index contributed by atoms with van der Waals surface area (Å²) < 4.78 is 7.52. The van der Waals surface area contributed by atoms with Crippen LogP contribution in [0.1, 0.15) is 30.8 Å². The molecule has 1 aromatic carbocycles. The van der Waals surface area contributed by atoms with Crippen molar-refractivity contribution in [1.29, 1.82) is 5.41 Å².